The molecule has 1 aliphatic heterocycles. The number of hydrogen-bond acceptors (Lipinski definition) is 5. The zero-order chi connectivity index (χ0) is 16.5. The SMILES string of the molecule is Cc1cc(Nc2ccnc(C(=O)N3CCc4ccccc43)c2)no1. The van der Waals surface area contributed by atoms with E-state index < -0.39 is 0 Å². The van der Waals surface area contributed by atoms with Crippen molar-refractivity contribution in [1.82, 2.24) is 10.1 Å². The Hall–Kier alpha value is -3.15. The Morgan fingerprint density at radius 3 is 2.96 bits per heavy atom. The molecule has 120 valence electrons. The normalized spacial score (nSPS) is 13.0. The number of para-hydroxylation sites is 1. The number of aryl methyl sites for hydroxylation is 1. The minimum Gasteiger partial charge on any atom is -0.360 e. The zero-order valence-electron chi connectivity index (χ0n) is 13.2. The van der Waals surface area contributed by atoms with Crippen molar-refractivity contribution in [3.05, 3.63) is 65.7 Å². The summed E-state index contributed by atoms with van der Waals surface area (Å²) in [6.07, 6.45) is 2.49. The molecule has 2 aromatic heterocycles. The number of fused-ring (bicyclic) bond motifs is 1. The molecule has 0 atom stereocenters. The van der Waals surface area contributed by atoms with E-state index in [0.717, 1.165) is 23.6 Å². The smallest absolute Gasteiger partial charge is 0.276 e. The fraction of sp³-hybridized carbons (Fsp3) is 0.167. The van der Waals surface area contributed by atoms with Gasteiger partial charge in [0.15, 0.2) is 5.82 Å². The summed E-state index contributed by atoms with van der Waals surface area (Å²) in [4.78, 5) is 18.8. The summed E-state index contributed by atoms with van der Waals surface area (Å²) in [6, 6.07) is 13.3. The summed E-state index contributed by atoms with van der Waals surface area (Å²) in [5.41, 5.74) is 3.30. The van der Waals surface area contributed by atoms with Gasteiger partial charge in [0, 0.05) is 30.2 Å². The van der Waals surface area contributed by atoms with Crippen LogP contribution in [-0.2, 0) is 6.42 Å². The van der Waals surface area contributed by atoms with Crippen LogP contribution in [0.15, 0.2) is 53.2 Å². The van der Waals surface area contributed by atoms with Gasteiger partial charge >= 0.3 is 0 Å². The molecule has 3 aromatic rings. The van der Waals surface area contributed by atoms with Crippen LogP contribution in [0.1, 0.15) is 21.8 Å². The molecule has 0 fully saturated rings. The first-order chi connectivity index (χ1) is 11.7. The monoisotopic (exact) mass is 320 g/mol. The van der Waals surface area contributed by atoms with E-state index in [1.54, 1.807) is 29.3 Å². The van der Waals surface area contributed by atoms with Gasteiger partial charge in [-0.25, -0.2) is 0 Å². The molecule has 1 amide bonds. The van der Waals surface area contributed by atoms with Crippen LogP contribution >= 0.6 is 0 Å². The predicted octanol–water partition coefficient (Wildman–Crippen LogP) is 3.32. The molecule has 1 aliphatic rings. The van der Waals surface area contributed by atoms with E-state index in [4.69, 9.17) is 4.52 Å². The third-order valence-electron chi connectivity index (χ3n) is 4.01. The first-order valence-electron chi connectivity index (χ1n) is 7.77. The number of amides is 1. The number of rotatable bonds is 3. The van der Waals surface area contributed by atoms with E-state index in [1.165, 1.54) is 5.56 Å². The molecule has 0 bridgehead atoms. The van der Waals surface area contributed by atoms with Gasteiger partial charge in [0.1, 0.15) is 11.5 Å². The highest BCUT2D eigenvalue weighted by atomic mass is 16.5. The maximum Gasteiger partial charge on any atom is 0.276 e. The van der Waals surface area contributed by atoms with Crippen molar-refractivity contribution in [2.24, 2.45) is 0 Å². The lowest BCUT2D eigenvalue weighted by Gasteiger charge is -2.17. The van der Waals surface area contributed by atoms with Gasteiger partial charge in [-0.2, -0.15) is 0 Å². The van der Waals surface area contributed by atoms with E-state index in [-0.39, 0.29) is 5.91 Å². The van der Waals surface area contributed by atoms with Crippen LogP contribution in [0.3, 0.4) is 0 Å². The second-order valence-electron chi connectivity index (χ2n) is 5.71. The molecule has 6 nitrogen and oxygen atoms in total. The summed E-state index contributed by atoms with van der Waals surface area (Å²) in [6.45, 7) is 2.50. The molecule has 4 rings (SSSR count). The van der Waals surface area contributed by atoms with Gasteiger partial charge in [-0.1, -0.05) is 23.4 Å². The number of carbonyl (C=O) groups is 1. The number of anilines is 3. The molecule has 1 aromatic carbocycles. The molecule has 1 N–H and O–H groups in total. The maximum atomic E-state index is 12.8. The zero-order valence-corrected chi connectivity index (χ0v) is 13.2. The largest absolute Gasteiger partial charge is 0.360 e. The minimum atomic E-state index is -0.0973. The highest BCUT2D eigenvalue weighted by Crippen LogP contribution is 2.29. The second-order valence-corrected chi connectivity index (χ2v) is 5.71. The third kappa shape index (κ3) is 2.62. The summed E-state index contributed by atoms with van der Waals surface area (Å²) >= 11 is 0. The number of carbonyl (C=O) groups excluding carboxylic acids is 1. The molecule has 3 heterocycles. The van der Waals surface area contributed by atoms with Gasteiger partial charge in [0.25, 0.3) is 5.91 Å². The number of aromatic nitrogens is 2. The lowest BCUT2D eigenvalue weighted by Crippen LogP contribution is -2.29. The standard InChI is InChI=1S/C18H16N4O2/c1-12-10-17(21-24-12)20-14-6-8-19-15(11-14)18(23)22-9-7-13-4-2-3-5-16(13)22/h2-6,8,10-11H,7,9H2,1H3,(H,19,20,21). The fourth-order valence-corrected chi connectivity index (χ4v) is 2.89. The van der Waals surface area contributed by atoms with Crippen LogP contribution in [-0.4, -0.2) is 22.6 Å². The van der Waals surface area contributed by atoms with Gasteiger partial charge in [-0.3, -0.25) is 9.78 Å². The fourth-order valence-electron chi connectivity index (χ4n) is 2.89. The van der Waals surface area contributed by atoms with Crippen LogP contribution in [0.25, 0.3) is 0 Å². The Morgan fingerprint density at radius 1 is 1.25 bits per heavy atom. The predicted molar refractivity (Wildman–Crippen MR) is 90.6 cm³/mol. The van der Waals surface area contributed by atoms with E-state index in [9.17, 15) is 4.79 Å². The first kappa shape index (κ1) is 14.4. The molecule has 0 radical (unpaired) electrons. The van der Waals surface area contributed by atoms with Crippen molar-refractivity contribution < 1.29 is 9.32 Å². The maximum absolute atomic E-state index is 12.8. The Bertz CT molecular complexity index is 903. The van der Waals surface area contributed by atoms with Gasteiger partial charge < -0.3 is 14.7 Å². The molecular formula is C18H16N4O2. The van der Waals surface area contributed by atoms with Crippen LogP contribution < -0.4 is 10.2 Å². The molecule has 0 spiro atoms. The summed E-state index contributed by atoms with van der Waals surface area (Å²) in [5.74, 6) is 1.22. The van der Waals surface area contributed by atoms with Crippen molar-refractivity contribution in [1.29, 1.82) is 0 Å². The van der Waals surface area contributed by atoms with E-state index in [2.05, 4.69) is 21.5 Å². The van der Waals surface area contributed by atoms with Crippen molar-refractivity contribution in [3.63, 3.8) is 0 Å². The van der Waals surface area contributed by atoms with Gasteiger partial charge in [0.2, 0.25) is 0 Å². The average Bonchev–Trinajstić information content (AvgIpc) is 3.20. The van der Waals surface area contributed by atoms with Crippen LogP contribution in [0.2, 0.25) is 0 Å². The molecule has 24 heavy (non-hydrogen) atoms. The van der Waals surface area contributed by atoms with Gasteiger partial charge in [-0.15, -0.1) is 0 Å². The Balaban J connectivity index is 1.58. The highest BCUT2D eigenvalue weighted by Gasteiger charge is 2.26. The van der Waals surface area contributed by atoms with Crippen LogP contribution in [0.5, 0.6) is 0 Å². The highest BCUT2D eigenvalue weighted by molar-refractivity contribution is 6.06. The molecule has 0 saturated heterocycles. The lowest BCUT2D eigenvalue weighted by atomic mass is 10.2. The van der Waals surface area contributed by atoms with Crippen LogP contribution in [0.4, 0.5) is 17.2 Å². The average molecular weight is 320 g/mol. The second kappa shape index (κ2) is 5.81. The van der Waals surface area contributed by atoms with Gasteiger partial charge in [0.05, 0.1) is 0 Å². The quantitative estimate of drug-likeness (QED) is 0.801. The molecule has 0 unspecified atom stereocenters. The first-order valence-corrected chi connectivity index (χ1v) is 7.77. The number of nitrogens with zero attached hydrogens (tertiary/aromatic N) is 3. The van der Waals surface area contributed by atoms with E-state index in [1.807, 2.05) is 25.1 Å². The topological polar surface area (TPSA) is 71.3 Å². The van der Waals surface area contributed by atoms with Crippen molar-refractivity contribution in [2.45, 2.75) is 13.3 Å². The molecular weight excluding hydrogens is 304 g/mol. The Morgan fingerprint density at radius 2 is 2.12 bits per heavy atom. The molecule has 0 saturated carbocycles. The summed E-state index contributed by atoms with van der Waals surface area (Å²) < 4.78 is 5.03. The number of pyridine rings is 1. The van der Waals surface area contributed by atoms with Crippen molar-refractivity contribution >= 4 is 23.1 Å². The third-order valence-corrected chi connectivity index (χ3v) is 4.01. The molecule has 0 aliphatic carbocycles. The van der Waals surface area contributed by atoms with E-state index in [0.29, 0.717) is 18.1 Å². The van der Waals surface area contributed by atoms with Crippen LogP contribution in [0, 0.1) is 6.92 Å². The Labute approximate surface area is 139 Å². The van der Waals surface area contributed by atoms with Crippen molar-refractivity contribution in [3.8, 4) is 0 Å². The summed E-state index contributed by atoms with van der Waals surface area (Å²) in [5, 5.41) is 7.01. The van der Waals surface area contributed by atoms with E-state index >= 15 is 0 Å². The van der Waals surface area contributed by atoms with Crippen molar-refractivity contribution in [2.75, 3.05) is 16.8 Å². The number of nitrogens with one attached hydrogen (secondary N) is 1. The summed E-state index contributed by atoms with van der Waals surface area (Å²) in [7, 11) is 0. The van der Waals surface area contributed by atoms with Gasteiger partial charge in [-0.05, 0) is 37.1 Å². The molecule has 6 heteroatoms. The minimum absolute atomic E-state index is 0.0973. The number of benzene rings is 1. The lowest BCUT2D eigenvalue weighted by molar-refractivity contribution is 0.0984. The number of hydrogen-bond donors (Lipinski definition) is 1. The Kier molecular flexibility index (Phi) is 3.49.